The van der Waals surface area contributed by atoms with Gasteiger partial charge in [0, 0.05) is 38.5 Å². The van der Waals surface area contributed by atoms with E-state index in [1.165, 1.54) is 29.9 Å². The summed E-state index contributed by atoms with van der Waals surface area (Å²) in [6.45, 7) is 14.1. The molecule has 274 valence electrons. The maximum absolute atomic E-state index is 14.4. The van der Waals surface area contributed by atoms with Crippen molar-refractivity contribution in [2.75, 3.05) is 27.7 Å². The second kappa shape index (κ2) is 14.0. The van der Waals surface area contributed by atoms with Crippen molar-refractivity contribution in [2.45, 2.75) is 83.6 Å². The van der Waals surface area contributed by atoms with Crippen molar-refractivity contribution in [3.8, 4) is 17.1 Å². The smallest absolute Gasteiger partial charge is 0.408 e. The first-order valence-corrected chi connectivity index (χ1v) is 17.5. The highest BCUT2D eigenvalue weighted by molar-refractivity contribution is 7.87. The first-order valence-electron chi connectivity index (χ1n) is 16.0. The normalized spacial score (nSPS) is 22.8. The van der Waals surface area contributed by atoms with Gasteiger partial charge < -0.3 is 25.0 Å². The second-order valence-electron chi connectivity index (χ2n) is 14.7. The highest BCUT2D eigenvalue weighted by Gasteiger charge is 2.61. The number of carbonyl (C=O) groups excluding carboxylic acids is 4. The number of hydrogen-bond donors (Lipinski definition) is 3. The van der Waals surface area contributed by atoms with E-state index in [1.54, 1.807) is 72.9 Å². The van der Waals surface area contributed by atoms with Crippen LogP contribution in [0.3, 0.4) is 0 Å². The molecule has 3 N–H and O–H groups in total. The Bertz CT molecular complexity index is 1730. The summed E-state index contributed by atoms with van der Waals surface area (Å²) in [5, 5.41) is 18.3. The Balaban J connectivity index is 1.67. The number of ether oxygens (including phenoxy) is 2. The van der Waals surface area contributed by atoms with Gasteiger partial charge in [-0.3, -0.25) is 14.4 Å². The fourth-order valence-electron chi connectivity index (χ4n) is 5.59. The molecule has 2 heterocycles. The van der Waals surface area contributed by atoms with Crippen LogP contribution >= 0.6 is 0 Å². The standard InChI is InChI=1S/C32H47N9O8S/c1-11-20-17-32(20,28(44)37-50(46,47)39(8)9)34-26(42)23-16-21(41-36-25(35-38-41)19-12-14-22(48-10)15-13-19)18-40(23)27(43)24(30(2,3)4)33-29(45)49-31(5,6)7/h11-15,20-21,23-24H,1,16-18H2,2-10H3,(H,33,45)(H,34,42)(H,37,44)/t20-,21-,23+,24-,32-/m1/s1. The van der Waals surface area contributed by atoms with Gasteiger partial charge in [0.2, 0.25) is 17.6 Å². The molecule has 0 spiro atoms. The molecule has 1 aromatic carbocycles. The minimum Gasteiger partial charge on any atom is -0.497 e. The van der Waals surface area contributed by atoms with Gasteiger partial charge in [0.25, 0.3) is 5.91 Å². The third kappa shape index (κ3) is 8.40. The van der Waals surface area contributed by atoms with Crippen LogP contribution in [0.15, 0.2) is 36.9 Å². The molecule has 2 aliphatic rings. The summed E-state index contributed by atoms with van der Waals surface area (Å²) in [6, 6.07) is 4.10. The van der Waals surface area contributed by atoms with Crippen LogP contribution in [0, 0.1) is 11.3 Å². The van der Waals surface area contributed by atoms with Crippen LogP contribution in [0.5, 0.6) is 5.75 Å². The highest BCUT2D eigenvalue weighted by atomic mass is 32.2. The fourth-order valence-corrected chi connectivity index (χ4v) is 6.18. The molecule has 0 radical (unpaired) electrons. The van der Waals surface area contributed by atoms with Gasteiger partial charge in [0.1, 0.15) is 29.0 Å². The zero-order valence-corrected chi connectivity index (χ0v) is 30.7. The van der Waals surface area contributed by atoms with Gasteiger partial charge >= 0.3 is 16.3 Å². The predicted octanol–water partition coefficient (Wildman–Crippen LogP) is 1.41. The molecule has 50 heavy (non-hydrogen) atoms. The van der Waals surface area contributed by atoms with Gasteiger partial charge in [0.05, 0.1) is 13.2 Å². The van der Waals surface area contributed by atoms with Crippen molar-refractivity contribution in [3.63, 3.8) is 0 Å². The molecule has 4 rings (SSSR count). The van der Waals surface area contributed by atoms with E-state index in [0.29, 0.717) is 17.1 Å². The van der Waals surface area contributed by atoms with Crippen LogP contribution in [0.1, 0.15) is 60.4 Å². The van der Waals surface area contributed by atoms with E-state index in [-0.39, 0.29) is 19.4 Å². The minimum atomic E-state index is -4.18. The van der Waals surface area contributed by atoms with Gasteiger partial charge in [-0.25, -0.2) is 9.52 Å². The van der Waals surface area contributed by atoms with Gasteiger partial charge in [-0.2, -0.15) is 17.5 Å². The second-order valence-corrected chi connectivity index (χ2v) is 16.6. The quantitative estimate of drug-likeness (QED) is 0.283. The molecular formula is C32H47N9O8S. The third-order valence-electron chi connectivity index (χ3n) is 8.49. The number of alkyl carbamates (subject to hydrolysis) is 1. The zero-order valence-electron chi connectivity index (χ0n) is 29.9. The number of methoxy groups -OCH3 is 1. The molecule has 1 aliphatic carbocycles. The zero-order chi connectivity index (χ0) is 37.4. The topological polar surface area (TPSA) is 207 Å². The Kier molecular flexibility index (Phi) is 10.7. The van der Waals surface area contributed by atoms with E-state index >= 15 is 0 Å². The lowest BCUT2D eigenvalue weighted by atomic mass is 9.85. The van der Waals surface area contributed by atoms with E-state index < -0.39 is 74.6 Å². The molecule has 1 aliphatic heterocycles. The van der Waals surface area contributed by atoms with E-state index in [4.69, 9.17) is 9.47 Å². The number of rotatable bonds is 11. The summed E-state index contributed by atoms with van der Waals surface area (Å²) in [5.74, 6) is -1.83. The summed E-state index contributed by atoms with van der Waals surface area (Å²) >= 11 is 0. The van der Waals surface area contributed by atoms with Crippen LogP contribution in [0.2, 0.25) is 0 Å². The molecule has 17 nitrogen and oxygen atoms in total. The maximum atomic E-state index is 14.4. The molecule has 4 amide bonds. The van der Waals surface area contributed by atoms with Crippen molar-refractivity contribution < 1.29 is 37.1 Å². The van der Waals surface area contributed by atoms with Gasteiger partial charge in [-0.15, -0.1) is 16.8 Å². The van der Waals surface area contributed by atoms with Gasteiger partial charge in [0.15, 0.2) is 0 Å². The lowest BCUT2D eigenvalue weighted by Gasteiger charge is -2.36. The number of amides is 4. The molecule has 0 unspecified atom stereocenters. The monoisotopic (exact) mass is 717 g/mol. The van der Waals surface area contributed by atoms with Gasteiger partial charge in [-0.05, 0) is 62.1 Å². The predicted molar refractivity (Wildman–Crippen MR) is 181 cm³/mol. The van der Waals surface area contributed by atoms with Crippen molar-refractivity contribution in [2.24, 2.45) is 11.3 Å². The Labute approximate surface area is 292 Å². The maximum Gasteiger partial charge on any atom is 0.408 e. The van der Waals surface area contributed by atoms with Gasteiger partial charge in [-0.1, -0.05) is 26.8 Å². The summed E-state index contributed by atoms with van der Waals surface area (Å²) in [4.78, 5) is 57.4. The number of nitrogens with one attached hydrogen (secondary N) is 3. The Morgan fingerprint density at radius 1 is 1.10 bits per heavy atom. The van der Waals surface area contributed by atoms with Crippen molar-refractivity contribution in [1.82, 2.24) is 44.8 Å². The molecule has 1 saturated carbocycles. The third-order valence-corrected chi connectivity index (χ3v) is 9.90. The first-order chi connectivity index (χ1) is 23.1. The van der Waals surface area contributed by atoms with E-state index in [1.807, 2.05) is 4.72 Å². The van der Waals surface area contributed by atoms with Crippen LogP contribution in [-0.2, 0) is 29.3 Å². The molecule has 1 saturated heterocycles. The van der Waals surface area contributed by atoms with E-state index in [9.17, 15) is 27.6 Å². The molecule has 2 aromatic rings. The average molecular weight is 718 g/mol. The summed E-state index contributed by atoms with van der Waals surface area (Å²) in [5.41, 5.74) is -2.61. The van der Waals surface area contributed by atoms with Crippen molar-refractivity contribution in [1.29, 1.82) is 0 Å². The largest absolute Gasteiger partial charge is 0.497 e. The SMILES string of the molecule is C=C[C@@H]1C[C@]1(NC(=O)[C@@H]1C[C@@H](n2nnc(-c3ccc(OC)cc3)n2)CN1C(=O)[C@@H](NC(=O)OC(C)(C)C)C(C)(C)C)C(=O)NS(=O)(=O)N(C)C. The molecular weight excluding hydrogens is 670 g/mol. The number of hydrogen-bond acceptors (Lipinski definition) is 11. The number of carbonyl (C=O) groups is 4. The van der Waals surface area contributed by atoms with Crippen LogP contribution in [0.4, 0.5) is 4.79 Å². The molecule has 1 aromatic heterocycles. The Morgan fingerprint density at radius 3 is 2.26 bits per heavy atom. The lowest BCUT2D eigenvalue weighted by molar-refractivity contribution is -0.143. The highest BCUT2D eigenvalue weighted by Crippen LogP contribution is 2.45. The van der Waals surface area contributed by atoms with Crippen LogP contribution in [-0.4, -0.2) is 113 Å². The number of benzene rings is 1. The van der Waals surface area contributed by atoms with Crippen molar-refractivity contribution in [3.05, 3.63) is 36.9 Å². The van der Waals surface area contributed by atoms with Crippen LogP contribution < -0.4 is 20.1 Å². The summed E-state index contributed by atoms with van der Waals surface area (Å²) in [7, 11) is -0.102. The number of nitrogens with zero attached hydrogens (tertiary/aromatic N) is 6. The van der Waals surface area contributed by atoms with E-state index in [2.05, 4.69) is 32.6 Å². The Morgan fingerprint density at radius 2 is 1.74 bits per heavy atom. The minimum absolute atomic E-state index is 0.0196. The lowest BCUT2D eigenvalue weighted by Crippen LogP contribution is -2.60. The van der Waals surface area contributed by atoms with Crippen LogP contribution in [0.25, 0.3) is 11.4 Å². The van der Waals surface area contributed by atoms with Crippen molar-refractivity contribution >= 4 is 34.0 Å². The first kappa shape index (κ1) is 38.2. The molecule has 2 fully saturated rings. The number of likely N-dealkylation sites (tertiary alicyclic amines) is 1. The molecule has 5 atom stereocenters. The van der Waals surface area contributed by atoms with E-state index in [0.717, 1.165) is 4.31 Å². The number of aromatic nitrogens is 4. The number of tetrazole rings is 1. The average Bonchev–Trinajstić information content (AvgIpc) is 3.32. The fraction of sp³-hybridized carbons (Fsp3) is 0.594. The summed E-state index contributed by atoms with van der Waals surface area (Å²) in [6.07, 6.45) is 0.769. The Hall–Kier alpha value is -4.58. The molecule has 18 heteroatoms. The molecule has 0 bridgehead atoms. The summed E-state index contributed by atoms with van der Waals surface area (Å²) < 4.78 is 38.5.